The second kappa shape index (κ2) is 10.9. The predicted octanol–water partition coefficient (Wildman–Crippen LogP) is 4.03. The zero-order valence-corrected chi connectivity index (χ0v) is 21.9. The Morgan fingerprint density at radius 1 is 1.03 bits per heavy atom. The van der Waals surface area contributed by atoms with Crippen LogP contribution in [-0.4, -0.2) is 64.6 Å². The minimum Gasteiger partial charge on any atom is -0.399 e. The van der Waals surface area contributed by atoms with Crippen molar-refractivity contribution >= 4 is 39.8 Å². The quantitative estimate of drug-likeness (QED) is 0.488. The lowest BCUT2D eigenvalue weighted by Gasteiger charge is -2.36. The van der Waals surface area contributed by atoms with Crippen LogP contribution in [0.1, 0.15) is 43.5 Å². The summed E-state index contributed by atoms with van der Waals surface area (Å²) < 4.78 is 5.85. The highest BCUT2D eigenvalue weighted by Gasteiger charge is 2.33. The largest absolute Gasteiger partial charge is 0.399 e. The summed E-state index contributed by atoms with van der Waals surface area (Å²) in [6, 6.07) is 12.2. The van der Waals surface area contributed by atoms with E-state index in [1.54, 1.807) is 29.2 Å². The number of benzene rings is 1. The molecule has 4 heterocycles. The fraction of sp³-hybridized carbons (Fsp3) is 0.407. The third-order valence-corrected chi connectivity index (χ3v) is 7.46. The number of ether oxygens (including phenoxy) is 1. The molecule has 10 heteroatoms. The number of carbonyl (C=O) groups is 2. The Balaban J connectivity index is 1.28. The molecule has 194 valence electrons. The van der Waals surface area contributed by atoms with Crippen molar-refractivity contribution in [3.63, 3.8) is 0 Å². The van der Waals surface area contributed by atoms with Crippen molar-refractivity contribution in [2.75, 3.05) is 35.6 Å². The number of thiazole rings is 1. The van der Waals surface area contributed by atoms with Crippen LogP contribution >= 0.6 is 11.3 Å². The lowest BCUT2D eigenvalue weighted by atomic mass is 10.00. The highest BCUT2D eigenvalue weighted by atomic mass is 32.1. The summed E-state index contributed by atoms with van der Waals surface area (Å²) in [5.41, 5.74) is 8.34. The van der Waals surface area contributed by atoms with Gasteiger partial charge in [0.15, 0.2) is 5.13 Å². The number of likely N-dealkylation sites (tertiary alicyclic amines) is 1. The number of nitrogens with zero attached hydrogens (tertiary/aromatic N) is 4. The number of piperidine rings is 1. The van der Waals surface area contributed by atoms with E-state index in [1.807, 2.05) is 23.6 Å². The molecule has 2 aliphatic rings. The Kier molecular flexibility index (Phi) is 7.38. The first-order valence-electron chi connectivity index (χ1n) is 12.7. The molecule has 2 aromatic heterocycles. The third kappa shape index (κ3) is 5.75. The van der Waals surface area contributed by atoms with Gasteiger partial charge in [0.2, 0.25) is 5.91 Å². The number of nitrogens with two attached hydrogens (primary N) is 1. The zero-order valence-electron chi connectivity index (χ0n) is 21.1. The van der Waals surface area contributed by atoms with Gasteiger partial charge in [-0.2, -0.15) is 0 Å². The van der Waals surface area contributed by atoms with Crippen LogP contribution in [0, 0.1) is 0 Å². The van der Waals surface area contributed by atoms with E-state index >= 15 is 0 Å². The summed E-state index contributed by atoms with van der Waals surface area (Å²) in [5, 5.41) is 5.32. The van der Waals surface area contributed by atoms with Crippen molar-refractivity contribution in [2.24, 2.45) is 0 Å². The van der Waals surface area contributed by atoms with Crippen molar-refractivity contribution < 1.29 is 14.3 Å². The first-order valence-corrected chi connectivity index (χ1v) is 13.6. The molecule has 3 aromatic rings. The molecule has 0 spiro atoms. The van der Waals surface area contributed by atoms with Gasteiger partial charge in [0.25, 0.3) is 5.91 Å². The maximum atomic E-state index is 13.2. The fourth-order valence-corrected chi connectivity index (χ4v) is 5.69. The van der Waals surface area contributed by atoms with Crippen LogP contribution in [0.5, 0.6) is 0 Å². The molecule has 1 unspecified atom stereocenters. The molecule has 1 aromatic carbocycles. The van der Waals surface area contributed by atoms with Crippen LogP contribution in [-0.2, 0) is 9.53 Å². The Morgan fingerprint density at radius 2 is 1.78 bits per heavy atom. The Hall–Kier alpha value is -3.50. The van der Waals surface area contributed by atoms with Crippen LogP contribution in [0.3, 0.4) is 0 Å². The summed E-state index contributed by atoms with van der Waals surface area (Å²) in [4.78, 5) is 39.7. The standard InChI is InChI=1S/C27H32N6O3S/c1-17-14-32(15-18(2)36-17)24-8-5-6-21(29-24)22-16-37-27(30-22)31-25(34)23-7-3-4-13-33(23)26(35)19-9-11-20(28)12-10-19/h5-6,8-12,16-18,23H,3-4,7,13-15,28H2,1-2H3,(H,30,31,34)/t17-,18+,23?. The molecule has 2 fully saturated rings. The number of rotatable bonds is 5. The average Bonchev–Trinajstić information content (AvgIpc) is 3.37. The normalized spacial score (nSPS) is 22.1. The molecule has 0 saturated carbocycles. The van der Waals surface area contributed by atoms with Crippen LogP contribution in [0.2, 0.25) is 0 Å². The van der Waals surface area contributed by atoms with E-state index in [4.69, 9.17) is 15.5 Å². The fourth-order valence-electron chi connectivity index (χ4n) is 4.98. The highest BCUT2D eigenvalue weighted by Crippen LogP contribution is 2.28. The molecule has 2 aliphatic heterocycles. The van der Waals surface area contributed by atoms with E-state index in [9.17, 15) is 9.59 Å². The van der Waals surface area contributed by atoms with E-state index in [2.05, 4.69) is 29.0 Å². The van der Waals surface area contributed by atoms with Crippen LogP contribution in [0.25, 0.3) is 11.4 Å². The van der Waals surface area contributed by atoms with E-state index in [1.165, 1.54) is 11.3 Å². The molecular formula is C27H32N6O3S. The minimum absolute atomic E-state index is 0.140. The molecule has 0 aliphatic carbocycles. The Labute approximate surface area is 220 Å². The molecule has 37 heavy (non-hydrogen) atoms. The van der Waals surface area contributed by atoms with Gasteiger partial charge in [-0.05, 0) is 69.5 Å². The second-order valence-corrected chi connectivity index (χ2v) is 10.6. The van der Waals surface area contributed by atoms with Gasteiger partial charge < -0.3 is 25.6 Å². The van der Waals surface area contributed by atoms with E-state index in [0.717, 1.165) is 37.4 Å². The van der Waals surface area contributed by atoms with E-state index in [0.29, 0.717) is 35.0 Å². The average molecular weight is 521 g/mol. The number of hydrogen-bond donors (Lipinski definition) is 2. The Morgan fingerprint density at radius 3 is 2.54 bits per heavy atom. The minimum atomic E-state index is -0.544. The van der Waals surface area contributed by atoms with Crippen LogP contribution in [0.15, 0.2) is 47.8 Å². The van der Waals surface area contributed by atoms with Gasteiger partial charge in [-0.25, -0.2) is 9.97 Å². The summed E-state index contributed by atoms with van der Waals surface area (Å²) >= 11 is 1.35. The molecule has 0 radical (unpaired) electrons. The van der Waals surface area contributed by atoms with Crippen molar-refractivity contribution in [1.82, 2.24) is 14.9 Å². The number of carbonyl (C=O) groups excluding carboxylic acids is 2. The monoisotopic (exact) mass is 520 g/mol. The first-order chi connectivity index (χ1) is 17.9. The van der Waals surface area contributed by atoms with Gasteiger partial charge in [0.05, 0.1) is 17.9 Å². The number of aromatic nitrogens is 2. The highest BCUT2D eigenvalue weighted by molar-refractivity contribution is 7.14. The Bertz CT molecular complexity index is 1250. The van der Waals surface area contributed by atoms with Crippen molar-refractivity contribution in [2.45, 2.75) is 51.4 Å². The van der Waals surface area contributed by atoms with Gasteiger partial charge in [-0.1, -0.05) is 6.07 Å². The van der Waals surface area contributed by atoms with Gasteiger partial charge >= 0.3 is 0 Å². The number of hydrogen-bond acceptors (Lipinski definition) is 8. The number of amides is 2. The number of nitrogen functional groups attached to an aromatic ring is 1. The molecule has 2 amide bonds. The van der Waals surface area contributed by atoms with Gasteiger partial charge in [-0.3, -0.25) is 9.59 Å². The summed E-state index contributed by atoms with van der Waals surface area (Å²) in [6.45, 7) is 6.25. The second-order valence-electron chi connectivity index (χ2n) is 9.70. The molecular weight excluding hydrogens is 488 g/mol. The molecule has 9 nitrogen and oxygen atoms in total. The van der Waals surface area contributed by atoms with Gasteiger partial charge in [-0.15, -0.1) is 11.3 Å². The molecule has 2 saturated heterocycles. The number of nitrogens with one attached hydrogen (secondary N) is 1. The third-order valence-electron chi connectivity index (χ3n) is 6.70. The van der Waals surface area contributed by atoms with Crippen LogP contribution in [0.4, 0.5) is 16.6 Å². The SMILES string of the molecule is C[C@@H]1CN(c2cccc(-c3csc(NC(=O)C4CCCCN4C(=O)c4ccc(N)cc4)n3)n2)C[C@H](C)O1. The lowest BCUT2D eigenvalue weighted by molar-refractivity contribution is -0.121. The predicted molar refractivity (Wildman–Crippen MR) is 146 cm³/mol. The van der Waals surface area contributed by atoms with E-state index < -0.39 is 6.04 Å². The number of anilines is 3. The summed E-state index contributed by atoms with van der Waals surface area (Å²) in [5.74, 6) is 0.506. The zero-order chi connectivity index (χ0) is 25.9. The molecule has 3 atom stereocenters. The maximum Gasteiger partial charge on any atom is 0.254 e. The molecule has 5 rings (SSSR count). The van der Waals surface area contributed by atoms with Gasteiger partial charge in [0.1, 0.15) is 17.6 Å². The lowest BCUT2D eigenvalue weighted by Crippen LogP contribution is -2.50. The summed E-state index contributed by atoms with van der Waals surface area (Å²) in [6.07, 6.45) is 2.66. The number of morpholine rings is 1. The van der Waals surface area contributed by atoms with Crippen molar-refractivity contribution in [1.29, 1.82) is 0 Å². The molecule has 3 N–H and O–H groups in total. The number of pyridine rings is 1. The van der Waals surface area contributed by atoms with Gasteiger partial charge in [0, 0.05) is 36.3 Å². The topological polar surface area (TPSA) is 114 Å². The summed E-state index contributed by atoms with van der Waals surface area (Å²) in [7, 11) is 0. The molecule has 0 bridgehead atoms. The smallest absolute Gasteiger partial charge is 0.254 e. The van der Waals surface area contributed by atoms with Crippen LogP contribution < -0.4 is 16.0 Å². The maximum absolute atomic E-state index is 13.2. The van der Waals surface area contributed by atoms with Crippen molar-refractivity contribution in [3.8, 4) is 11.4 Å². The first kappa shape index (κ1) is 25.2. The van der Waals surface area contributed by atoms with E-state index in [-0.39, 0.29) is 24.0 Å². The van der Waals surface area contributed by atoms with Crippen molar-refractivity contribution in [3.05, 3.63) is 53.4 Å².